The molecule has 0 N–H and O–H groups in total. The van der Waals surface area contributed by atoms with Gasteiger partial charge in [-0.3, -0.25) is 4.90 Å². The van der Waals surface area contributed by atoms with Crippen LogP contribution in [0.4, 0.5) is 0 Å². The molecule has 0 bridgehead atoms. The lowest BCUT2D eigenvalue weighted by atomic mass is 10.1. The fourth-order valence-electron chi connectivity index (χ4n) is 2.39. The van der Waals surface area contributed by atoms with E-state index in [0.29, 0.717) is 6.61 Å². The summed E-state index contributed by atoms with van der Waals surface area (Å²) in [6.45, 7) is 1.36. The molecule has 1 heterocycles. The van der Waals surface area contributed by atoms with Crippen LogP contribution in [0.25, 0.3) is 0 Å². The minimum atomic E-state index is -0.0783. The van der Waals surface area contributed by atoms with E-state index in [9.17, 15) is 0 Å². The van der Waals surface area contributed by atoms with Gasteiger partial charge in [-0.05, 0) is 11.1 Å². The summed E-state index contributed by atoms with van der Waals surface area (Å²) in [5.74, 6) is 0. The van der Waals surface area contributed by atoms with E-state index < -0.39 is 0 Å². The second-order valence-electron chi connectivity index (χ2n) is 4.69. The highest BCUT2D eigenvalue weighted by molar-refractivity contribution is 6.20. The largest absolute Gasteiger partial charge is 0.356 e. The lowest BCUT2D eigenvalue weighted by Gasteiger charge is -2.25. The van der Waals surface area contributed by atoms with Crippen LogP contribution in [0.5, 0.6) is 0 Å². The monoisotopic (exact) mass is 273 g/mol. The van der Waals surface area contributed by atoms with Crippen LogP contribution in [0.2, 0.25) is 0 Å². The molecule has 0 aliphatic carbocycles. The molecule has 98 valence electrons. The first-order valence-electron chi connectivity index (χ1n) is 6.45. The number of alkyl halides is 1. The van der Waals surface area contributed by atoms with Gasteiger partial charge < -0.3 is 4.74 Å². The van der Waals surface area contributed by atoms with Crippen molar-refractivity contribution >= 4 is 11.6 Å². The molecular weight excluding hydrogens is 258 g/mol. The Bertz CT molecular complexity index is 517. The van der Waals surface area contributed by atoms with Gasteiger partial charge in [-0.1, -0.05) is 60.7 Å². The van der Waals surface area contributed by atoms with Crippen LogP contribution in [0.15, 0.2) is 60.7 Å². The summed E-state index contributed by atoms with van der Waals surface area (Å²) in [5, 5.41) is 0. The van der Waals surface area contributed by atoms with Gasteiger partial charge in [0.1, 0.15) is 11.7 Å². The first-order chi connectivity index (χ1) is 9.34. The highest BCUT2D eigenvalue weighted by Crippen LogP contribution is 2.33. The van der Waals surface area contributed by atoms with E-state index in [4.69, 9.17) is 16.3 Å². The Hall–Kier alpha value is -1.35. The molecule has 2 atom stereocenters. The third-order valence-corrected chi connectivity index (χ3v) is 3.72. The van der Waals surface area contributed by atoms with Crippen molar-refractivity contribution < 1.29 is 4.74 Å². The van der Waals surface area contributed by atoms with Gasteiger partial charge in [0.15, 0.2) is 0 Å². The average Bonchev–Trinajstić information content (AvgIpc) is 2.82. The van der Waals surface area contributed by atoms with Gasteiger partial charge in [-0.15, -0.1) is 11.6 Å². The maximum atomic E-state index is 6.37. The summed E-state index contributed by atoms with van der Waals surface area (Å²) in [6, 6.07) is 20.6. The van der Waals surface area contributed by atoms with Crippen molar-refractivity contribution in [1.82, 2.24) is 4.90 Å². The molecule has 2 aromatic carbocycles. The Morgan fingerprint density at radius 1 is 1.00 bits per heavy atom. The zero-order valence-corrected chi connectivity index (χ0v) is 11.3. The number of ether oxygens (including phenoxy) is 1. The van der Waals surface area contributed by atoms with E-state index >= 15 is 0 Å². The third-order valence-electron chi connectivity index (χ3n) is 3.35. The molecule has 0 amide bonds. The summed E-state index contributed by atoms with van der Waals surface area (Å²) < 4.78 is 5.83. The first kappa shape index (κ1) is 12.7. The van der Waals surface area contributed by atoms with Crippen molar-refractivity contribution in [3.63, 3.8) is 0 Å². The van der Waals surface area contributed by atoms with Gasteiger partial charge in [0.05, 0.1) is 6.61 Å². The predicted molar refractivity (Wildman–Crippen MR) is 76.8 cm³/mol. The Kier molecular flexibility index (Phi) is 3.83. The van der Waals surface area contributed by atoms with Crippen LogP contribution in [0.1, 0.15) is 17.4 Å². The number of rotatable bonds is 3. The van der Waals surface area contributed by atoms with Crippen molar-refractivity contribution in [2.75, 3.05) is 6.61 Å². The van der Waals surface area contributed by atoms with Crippen molar-refractivity contribution in [2.24, 2.45) is 0 Å². The van der Waals surface area contributed by atoms with Crippen LogP contribution in [-0.4, -0.2) is 17.0 Å². The summed E-state index contributed by atoms with van der Waals surface area (Å²) in [5.41, 5.74) is 2.33. The van der Waals surface area contributed by atoms with E-state index in [2.05, 4.69) is 29.2 Å². The van der Waals surface area contributed by atoms with Crippen molar-refractivity contribution in [3.8, 4) is 0 Å². The topological polar surface area (TPSA) is 12.5 Å². The van der Waals surface area contributed by atoms with Crippen molar-refractivity contribution in [2.45, 2.75) is 18.3 Å². The Labute approximate surface area is 118 Å². The zero-order chi connectivity index (χ0) is 13.1. The van der Waals surface area contributed by atoms with Crippen LogP contribution in [0, 0.1) is 0 Å². The molecule has 19 heavy (non-hydrogen) atoms. The average molecular weight is 274 g/mol. The molecule has 1 fully saturated rings. The molecule has 3 heteroatoms. The van der Waals surface area contributed by atoms with Crippen LogP contribution in [0.3, 0.4) is 0 Å². The Morgan fingerprint density at radius 3 is 2.32 bits per heavy atom. The van der Waals surface area contributed by atoms with E-state index in [1.807, 2.05) is 36.4 Å². The number of hydrogen-bond donors (Lipinski definition) is 0. The normalized spacial score (nSPS) is 23.6. The van der Waals surface area contributed by atoms with Crippen LogP contribution in [-0.2, 0) is 11.3 Å². The van der Waals surface area contributed by atoms with Crippen LogP contribution < -0.4 is 0 Å². The summed E-state index contributed by atoms with van der Waals surface area (Å²) in [6.07, 6.45) is -0.0519. The molecular formula is C16H16ClNO. The number of halogens is 1. The fourth-order valence-corrected chi connectivity index (χ4v) is 2.63. The van der Waals surface area contributed by atoms with Crippen LogP contribution >= 0.6 is 11.6 Å². The summed E-state index contributed by atoms with van der Waals surface area (Å²) in [7, 11) is 0. The fraction of sp³-hybridized carbons (Fsp3) is 0.250. The van der Waals surface area contributed by atoms with E-state index in [1.165, 1.54) is 5.56 Å². The predicted octanol–water partition coefficient (Wildman–Crippen LogP) is 3.78. The van der Waals surface area contributed by atoms with Gasteiger partial charge in [0.2, 0.25) is 0 Å². The van der Waals surface area contributed by atoms with Gasteiger partial charge >= 0.3 is 0 Å². The molecule has 0 spiro atoms. The number of benzene rings is 2. The van der Waals surface area contributed by atoms with Gasteiger partial charge in [0.25, 0.3) is 0 Å². The van der Waals surface area contributed by atoms with Gasteiger partial charge in [-0.2, -0.15) is 0 Å². The molecule has 0 aromatic heterocycles. The SMILES string of the molecule is ClC1COC(c2ccccc2)N1Cc1ccccc1. The highest BCUT2D eigenvalue weighted by Gasteiger charge is 2.33. The van der Waals surface area contributed by atoms with E-state index in [1.54, 1.807) is 0 Å². The molecule has 2 unspecified atom stereocenters. The molecule has 0 radical (unpaired) electrons. The van der Waals surface area contributed by atoms with Crippen molar-refractivity contribution in [1.29, 1.82) is 0 Å². The molecule has 1 aliphatic heterocycles. The minimum absolute atomic E-state index is 0.0519. The molecule has 1 aliphatic rings. The minimum Gasteiger partial charge on any atom is -0.356 e. The Balaban J connectivity index is 1.81. The highest BCUT2D eigenvalue weighted by atomic mass is 35.5. The lowest BCUT2D eigenvalue weighted by Crippen LogP contribution is -2.28. The molecule has 0 saturated carbocycles. The smallest absolute Gasteiger partial charge is 0.138 e. The van der Waals surface area contributed by atoms with Gasteiger partial charge in [0, 0.05) is 6.54 Å². The van der Waals surface area contributed by atoms with Gasteiger partial charge in [-0.25, -0.2) is 0 Å². The maximum absolute atomic E-state index is 6.37. The lowest BCUT2D eigenvalue weighted by molar-refractivity contribution is 0.0275. The number of hydrogen-bond acceptors (Lipinski definition) is 2. The van der Waals surface area contributed by atoms with E-state index in [-0.39, 0.29) is 11.7 Å². The standard InChI is InChI=1S/C16H16ClNO/c17-15-12-19-16(14-9-5-2-6-10-14)18(15)11-13-7-3-1-4-8-13/h1-10,15-16H,11-12H2. The summed E-state index contributed by atoms with van der Waals surface area (Å²) in [4.78, 5) is 2.19. The maximum Gasteiger partial charge on any atom is 0.138 e. The van der Waals surface area contributed by atoms with Crippen molar-refractivity contribution in [3.05, 3.63) is 71.8 Å². The molecule has 2 aromatic rings. The summed E-state index contributed by atoms with van der Waals surface area (Å²) >= 11 is 6.37. The Morgan fingerprint density at radius 2 is 1.63 bits per heavy atom. The number of nitrogens with zero attached hydrogens (tertiary/aromatic N) is 1. The first-order valence-corrected chi connectivity index (χ1v) is 6.88. The quantitative estimate of drug-likeness (QED) is 0.623. The molecule has 1 saturated heterocycles. The van der Waals surface area contributed by atoms with E-state index in [0.717, 1.165) is 12.1 Å². The molecule has 3 rings (SSSR count). The molecule has 2 nitrogen and oxygen atoms in total. The second-order valence-corrected chi connectivity index (χ2v) is 5.19. The second kappa shape index (κ2) is 5.74. The third kappa shape index (κ3) is 2.81. The zero-order valence-electron chi connectivity index (χ0n) is 10.6.